The van der Waals surface area contributed by atoms with Gasteiger partial charge in [-0.05, 0) is 31.5 Å². The van der Waals surface area contributed by atoms with E-state index in [1.807, 2.05) is 66.1 Å². The standard InChI is InChI=1S/C20H21N3O3S/c1-14-8-10-17(11-9-14)26-13-18-21-22-20(27-15(2)19(24)25)23(18)12-16-6-4-3-5-7-16/h3-11,15H,12-13H2,1-2H3,(H,24,25)/p-1/t15-/m1/s1. The van der Waals surface area contributed by atoms with Crippen molar-refractivity contribution in [3.8, 4) is 5.75 Å². The normalized spacial score (nSPS) is 11.9. The summed E-state index contributed by atoms with van der Waals surface area (Å²) in [5.74, 6) is 0.242. The summed E-state index contributed by atoms with van der Waals surface area (Å²) < 4.78 is 7.71. The number of nitrogens with zero attached hydrogens (tertiary/aromatic N) is 3. The third-order valence-electron chi connectivity index (χ3n) is 3.98. The smallest absolute Gasteiger partial charge is 0.192 e. The van der Waals surface area contributed by atoms with E-state index in [1.54, 1.807) is 6.92 Å². The monoisotopic (exact) mass is 382 g/mol. The molecule has 0 radical (unpaired) electrons. The molecule has 0 spiro atoms. The molecule has 3 aromatic rings. The van der Waals surface area contributed by atoms with E-state index in [1.165, 1.54) is 0 Å². The quantitative estimate of drug-likeness (QED) is 0.557. The predicted octanol–water partition coefficient (Wildman–Crippen LogP) is 2.44. The topological polar surface area (TPSA) is 80.1 Å². The molecule has 0 aliphatic carbocycles. The molecule has 1 aromatic heterocycles. The van der Waals surface area contributed by atoms with Gasteiger partial charge in [-0.25, -0.2) is 0 Å². The van der Waals surface area contributed by atoms with Crippen molar-refractivity contribution in [3.05, 3.63) is 71.5 Å². The van der Waals surface area contributed by atoms with Crippen molar-refractivity contribution >= 4 is 17.7 Å². The van der Waals surface area contributed by atoms with E-state index in [9.17, 15) is 9.90 Å². The van der Waals surface area contributed by atoms with Gasteiger partial charge in [-0.3, -0.25) is 4.57 Å². The van der Waals surface area contributed by atoms with Gasteiger partial charge in [0, 0.05) is 5.25 Å². The van der Waals surface area contributed by atoms with E-state index >= 15 is 0 Å². The van der Waals surface area contributed by atoms with E-state index in [0.717, 1.165) is 28.6 Å². The second-order valence-corrected chi connectivity index (χ2v) is 7.46. The zero-order valence-corrected chi connectivity index (χ0v) is 16.0. The van der Waals surface area contributed by atoms with Crippen molar-refractivity contribution in [2.45, 2.75) is 37.4 Å². The molecule has 0 bridgehead atoms. The average molecular weight is 382 g/mol. The Morgan fingerprint density at radius 3 is 2.52 bits per heavy atom. The number of aliphatic carboxylic acids is 1. The lowest BCUT2D eigenvalue weighted by atomic mass is 10.2. The Kier molecular flexibility index (Phi) is 6.13. The van der Waals surface area contributed by atoms with Crippen LogP contribution in [0.5, 0.6) is 5.75 Å². The molecule has 1 atom stereocenters. The molecule has 2 aromatic carbocycles. The number of ether oxygens (including phenoxy) is 1. The van der Waals surface area contributed by atoms with Crippen molar-refractivity contribution in [3.63, 3.8) is 0 Å². The second kappa shape index (κ2) is 8.73. The van der Waals surface area contributed by atoms with E-state index in [-0.39, 0.29) is 6.61 Å². The lowest BCUT2D eigenvalue weighted by Gasteiger charge is -2.14. The number of aryl methyl sites for hydroxylation is 1. The molecular formula is C20H20N3O3S-. The molecular weight excluding hydrogens is 362 g/mol. The summed E-state index contributed by atoms with van der Waals surface area (Å²) in [6, 6.07) is 17.6. The van der Waals surface area contributed by atoms with Crippen LogP contribution in [-0.2, 0) is 17.9 Å². The largest absolute Gasteiger partial charge is 0.549 e. The van der Waals surface area contributed by atoms with Gasteiger partial charge in [-0.15, -0.1) is 10.2 Å². The highest BCUT2D eigenvalue weighted by atomic mass is 32.2. The number of carbonyl (C=O) groups is 1. The molecule has 3 rings (SSSR count). The highest BCUT2D eigenvalue weighted by Crippen LogP contribution is 2.24. The molecule has 0 aliphatic heterocycles. The van der Waals surface area contributed by atoms with Crippen LogP contribution in [0.1, 0.15) is 23.9 Å². The third kappa shape index (κ3) is 5.10. The van der Waals surface area contributed by atoms with Crippen LogP contribution in [0, 0.1) is 6.92 Å². The number of benzene rings is 2. The number of hydrogen-bond donors (Lipinski definition) is 0. The van der Waals surface area contributed by atoms with Crippen molar-refractivity contribution in [2.24, 2.45) is 0 Å². The minimum Gasteiger partial charge on any atom is -0.549 e. The van der Waals surface area contributed by atoms with Gasteiger partial charge in [0.15, 0.2) is 11.0 Å². The minimum absolute atomic E-state index is 0.239. The predicted molar refractivity (Wildman–Crippen MR) is 101 cm³/mol. The van der Waals surface area contributed by atoms with E-state index in [0.29, 0.717) is 17.5 Å². The molecule has 1 heterocycles. The van der Waals surface area contributed by atoms with Crippen LogP contribution >= 0.6 is 11.8 Å². The zero-order chi connectivity index (χ0) is 19.2. The first-order valence-corrected chi connectivity index (χ1v) is 9.44. The van der Waals surface area contributed by atoms with Crippen LogP contribution in [0.15, 0.2) is 59.8 Å². The Morgan fingerprint density at radius 1 is 1.15 bits per heavy atom. The van der Waals surface area contributed by atoms with Gasteiger partial charge in [0.25, 0.3) is 0 Å². The Balaban J connectivity index is 1.82. The van der Waals surface area contributed by atoms with Crippen molar-refractivity contribution in [1.82, 2.24) is 14.8 Å². The SMILES string of the molecule is Cc1ccc(OCc2nnc(S[C@H](C)C(=O)[O-])n2Cc2ccccc2)cc1. The number of aromatic nitrogens is 3. The van der Waals surface area contributed by atoms with Crippen LogP contribution in [0.4, 0.5) is 0 Å². The maximum atomic E-state index is 11.1. The summed E-state index contributed by atoms with van der Waals surface area (Å²) in [6.07, 6.45) is 0. The fraction of sp³-hybridized carbons (Fsp3) is 0.250. The molecule has 0 amide bonds. The number of hydrogen-bond acceptors (Lipinski definition) is 6. The molecule has 0 unspecified atom stereocenters. The summed E-state index contributed by atoms with van der Waals surface area (Å²) in [5, 5.41) is 19.3. The van der Waals surface area contributed by atoms with Gasteiger partial charge in [0.05, 0.1) is 12.5 Å². The van der Waals surface area contributed by atoms with E-state index < -0.39 is 11.2 Å². The third-order valence-corrected chi connectivity index (χ3v) is 5.04. The number of thioether (sulfide) groups is 1. The first kappa shape index (κ1) is 19.0. The Labute approximate surface area is 162 Å². The molecule has 0 saturated heterocycles. The maximum Gasteiger partial charge on any atom is 0.192 e. The molecule has 27 heavy (non-hydrogen) atoms. The average Bonchev–Trinajstić information content (AvgIpc) is 3.03. The van der Waals surface area contributed by atoms with Crippen LogP contribution in [0.25, 0.3) is 0 Å². The van der Waals surface area contributed by atoms with Crippen molar-refractivity contribution in [1.29, 1.82) is 0 Å². The fourth-order valence-electron chi connectivity index (χ4n) is 2.43. The van der Waals surface area contributed by atoms with Gasteiger partial charge >= 0.3 is 0 Å². The molecule has 0 aliphatic rings. The zero-order valence-electron chi connectivity index (χ0n) is 15.2. The number of carbonyl (C=O) groups excluding carboxylic acids is 1. The van der Waals surface area contributed by atoms with E-state index in [2.05, 4.69) is 10.2 Å². The molecule has 0 saturated carbocycles. The van der Waals surface area contributed by atoms with Crippen LogP contribution in [0.3, 0.4) is 0 Å². The highest BCUT2D eigenvalue weighted by Gasteiger charge is 2.17. The fourth-order valence-corrected chi connectivity index (χ4v) is 3.22. The lowest BCUT2D eigenvalue weighted by Crippen LogP contribution is -2.31. The second-order valence-electron chi connectivity index (χ2n) is 6.15. The molecule has 0 fully saturated rings. The summed E-state index contributed by atoms with van der Waals surface area (Å²) >= 11 is 1.11. The number of carboxylic acids is 1. The van der Waals surface area contributed by atoms with Crippen LogP contribution in [0.2, 0.25) is 0 Å². The summed E-state index contributed by atoms with van der Waals surface area (Å²) in [6.45, 7) is 4.36. The Bertz CT molecular complexity index is 895. The lowest BCUT2D eigenvalue weighted by molar-refractivity contribution is -0.304. The molecule has 7 heteroatoms. The van der Waals surface area contributed by atoms with Gasteiger partial charge < -0.3 is 14.6 Å². The summed E-state index contributed by atoms with van der Waals surface area (Å²) in [5.41, 5.74) is 2.22. The summed E-state index contributed by atoms with van der Waals surface area (Å²) in [7, 11) is 0. The molecule has 140 valence electrons. The van der Waals surface area contributed by atoms with Gasteiger partial charge in [0.2, 0.25) is 0 Å². The molecule has 0 N–H and O–H groups in total. The van der Waals surface area contributed by atoms with Gasteiger partial charge in [-0.2, -0.15) is 0 Å². The summed E-state index contributed by atoms with van der Waals surface area (Å²) in [4.78, 5) is 11.1. The molecule has 6 nitrogen and oxygen atoms in total. The Morgan fingerprint density at radius 2 is 1.85 bits per heavy atom. The maximum absolute atomic E-state index is 11.1. The highest BCUT2D eigenvalue weighted by molar-refractivity contribution is 8.00. The van der Waals surface area contributed by atoms with Crippen molar-refractivity contribution < 1.29 is 14.6 Å². The van der Waals surface area contributed by atoms with Gasteiger partial charge in [0.1, 0.15) is 12.4 Å². The van der Waals surface area contributed by atoms with Crippen molar-refractivity contribution in [2.75, 3.05) is 0 Å². The first-order valence-electron chi connectivity index (χ1n) is 8.56. The minimum atomic E-state index is -1.13. The Hall–Kier alpha value is -2.80. The first-order chi connectivity index (χ1) is 13.0. The number of carboxylic acid groups (broad SMARTS) is 1. The van der Waals surface area contributed by atoms with Crippen LogP contribution < -0.4 is 9.84 Å². The van der Waals surface area contributed by atoms with Crippen LogP contribution in [-0.4, -0.2) is 26.0 Å². The van der Waals surface area contributed by atoms with E-state index in [4.69, 9.17) is 4.74 Å². The van der Waals surface area contributed by atoms with Gasteiger partial charge in [-0.1, -0.05) is 59.8 Å². The number of rotatable bonds is 8.